The first-order valence-electron chi connectivity index (χ1n) is 21.1. The minimum atomic E-state index is -0.907. The Hall–Kier alpha value is -4.41. The summed E-state index contributed by atoms with van der Waals surface area (Å²) >= 11 is 1.46. The van der Waals surface area contributed by atoms with E-state index in [1.54, 1.807) is 7.11 Å². The van der Waals surface area contributed by atoms with Crippen molar-refractivity contribution in [2.24, 2.45) is 17.3 Å². The van der Waals surface area contributed by atoms with Crippen LogP contribution in [0.25, 0.3) is 33.4 Å². The van der Waals surface area contributed by atoms with E-state index in [4.69, 9.17) is 19.4 Å². The molecule has 14 nitrogen and oxygen atoms in total. The van der Waals surface area contributed by atoms with Gasteiger partial charge in [-0.15, -0.1) is 11.3 Å². The van der Waals surface area contributed by atoms with Crippen molar-refractivity contribution in [2.75, 3.05) is 65.0 Å². The number of hydrazine groups is 1. The number of rotatable bonds is 8. The van der Waals surface area contributed by atoms with Crippen molar-refractivity contribution in [3.8, 4) is 22.5 Å². The first-order chi connectivity index (χ1) is 28.4. The number of esters is 1. The van der Waals surface area contributed by atoms with Crippen LogP contribution >= 0.6 is 11.3 Å². The number of hydrogen-bond acceptors (Lipinski definition) is 12. The minimum absolute atomic E-state index is 0.0661. The monoisotopic (exact) mass is 826 g/mol. The molecule has 1 aliphatic carbocycles. The highest BCUT2D eigenvalue weighted by molar-refractivity contribution is 7.10. The Kier molecular flexibility index (Phi) is 11.9. The normalized spacial score (nSPS) is 24.5. The zero-order valence-electron chi connectivity index (χ0n) is 35.1. The summed E-state index contributed by atoms with van der Waals surface area (Å²) in [5.74, 6) is -1.42. The van der Waals surface area contributed by atoms with Gasteiger partial charge in [-0.1, -0.05) is 19.9 Å². The molecule has 3 N–H and O–H groups in total. The number of thiazole rings is 1. The summed E-state index contributed by atoms with van der Waals surface area (Å²) in [6, 6.07) is 7.16. The molecule has 3 aliphatic heterocycles. The zero-order valence-corrected chi connectivity index (χ0v) is 35.9. The van der Waals surface area contributed by atoms with E-state index < -0.39 is 23.5 Å². The van der Waals surface area contributed by atoms with Crippen LogP contribution in [0.4, 0.5) is 5.69 Å². The van der Waals surface area contributed by atoms with E-state index in [2.05, 4.69) is 77.2 Å². The molecule has 316 valence electrons. The first kappa shape index (κ1) is 41.3. The van der Waals surface area contributed by atoms with Crippen LogP contribution in [-0.4, -0.2) is 120 Å². The highest BCUT2D eigenvalue weighted by Crippen LogP contribution is 2.43. The fraction of sp³-hybridized carbons (Fsp3) is 0.568. The van der Waals surface area contributed by atoms with Crippen LogP contribution in [0.15, 0.2) is 35.8 Å². The number of piperazine rings is 1. The number of aliphatic hydroxyl groups excluding tert-OH is 1. The van der Waals surface area contributed by atoms with Crippen LogP contribution in [0.1, 0.15) is 69.3 Å². The number of ether oxygens (including phenoxy) is 2. The molecule has 6 heterocycles. The van der Waals surface area contributed by atoms with Crippen molar-refractivity contribution in [3.05, 3.63) is 52.1 Å². The molecule has 2 saturated heterocycles. The Bertz CT molecular complexity index is 2210. The molecule has 3 fully saturated rings. The Morgan fingerprint density at radius 1 is 1.17 bits per heavy atom. The lowest BCUT2D eigenvalue weighted by molar-refractivity contribution is -0.155. The number of carbonyl (C=O) groups is 3. The molecule has 6 bridgehead atoms. The van der Waals surface area contributed by atoms with Crippen molar-refractivity contribution >= 4 is 45.7 Å². The summed E-state index contributed by atoms with van der Waals surface area (Å²) in [6.07, 6.45) is 4.22. The smallest absolute Gasteiger partial charge is 0.324 e. The van der Waals surface area contributed by atoms with Crippen molar-refractivity contribution in [2.45, 2.75) is 84.5 Å². The highest BCUT2D eigenvalue weighted by atomic mass is 32.1. The van der Waals surface area contributed by atoms with E-state index >= 15 is 0 Å². The lowest BCUT2D eigenvalue weighted by atomic mass is 9.84. The van der Waals surface area contributed by atoms with Crippen LogP contribution in [0.5, 0.6) is 0 Å². The van der Waals surface area contributed by atoms with Gasteiger partial charge in [-0.05, 0) is 76.3 Å². The van der Waals surface area contributed by atoms with Gasteiger partial charge in [0, 0.05) is 98.1 Å². The molecule has 1 aromatic carbocycles. The lowest BCUT2D eigenvalue weighted by Crippen LogP contribution is -2.60. The van der Waals surface area contributed by atoms with Crippen LogP contribution in [0.2, 0.25) is 0 Å². The molecule has 2 amide bonds. The summed E-state index contributed by atoms with van der Waals surface area (Å²) < 4.78 is 14.5. The molecule has 0 spiro atoms. The third-order valence-electron chi connectivity index (χ3n) is 12.6. The van der Waals surface area contributed by atoms with Gasteiger partial charge in [0.25, 0.3) is 5.91 Å². The Balaban J connectivity index is 1.25. The maximum absolute atomic E-state index is 14.1. The number of aliphatic hydroxyl groups is 1. The number of nitrogens with zero attached hydrogens (tertiary/aromatic N) is 6. The number of carbonyl (C=O) groups excluding carboxylic acids is 3. The van der Waals surface area contributed by atoms with Crippen LogP contribution in [0, 0.1) is 17.3 Å². The largest absolute Gasteiger partial charge is 0.464 e. The number of anilines is 1. The molecule has 59 heavy (non-hydrogen) atoms. The van der Waals surface area contributed by atoms with Crippen LogP contribution in [0.3, 0.4) is 0 Å². The molecule has 0 unspecified atom stereocenters. The number of pyridine rings is 1. The number of hydrogen-bond donors (Lipinski definition) is 3. The quantitative estimate of drug-likeness (QED) is 0.214. The lowest BCUT2D eigenvalue weighted by Gasteiger charge is -2.35. The number of benzene rings is 1. The van der Waals surface area contributed by atoms with Crippen molar-refractivity contribution in [3.63, 3.8) is 0 Å². The summed E-state index contributed by atoms with van der Waals surface area (Å²) in [6.45, 7) is 13.5. The topological polar surface area (TPSA) is 154 Å². The molecule has 5 atom stereocenters. The maximum Gasteiger partial charge on any atom is 0.324 e. The second kappa shape index (κ2) is 16.9. The van der Waals surface area contributed by atoms with Gasteiger partial charge in [-0.3, -0.25) is 24.4 Å². The number of aryl methyl sites for hydroxylation is 1. The van der Waals surface area contributed by atoms with E-state index in [0.717, 1.165) is 76.5 Å². The molecule has 8 rings (SSSR count). The first-order valence-corrected chi connectivity index (χ1v) is 22.0. The number of aromatic nitrogens is 3. The molecule has 4 aliphatic rings. The summed E-state index contributed by atoms with van der Waals surface area (Å²) in [4.78, 5) is 56.2. The van der Waals surface area contributed by atoms with E-state index in [1.165, 1.54) is 16.3 Å². The minimum Gasteiger partial charge on any atom is -0.464 e. The number of cyclic esters (lactones) is 1. The Morgan fingerprint density at radius 2 is 1.97 bits per heavy atom. The maximum atomic E-state index is 14.1. The van der Waals surface area contributed by atoms with Crippen molar-refractivity contribution < 1.29 is 29.0 Å². The standard InChI is InChI=1S/C44H58N8O6S/c1-7-51-37-11-10-27-17-31(37)33(40(51)32-19-29(22-45-39(32)26(2)57-6)50-15-13-49(5)14-16-50)21-44(3,4)25-58-43(56)34-9-8-12-52(48-34)42(55)35(20-38-46-36(27)24-59-38)47-41(54)30-18-28(30)23-53/h10-11,17,19,22,24,26,28,30,34-35,48,53H,7-9,12-16,18,20-21,23,25H2,1-6H3,(H,47,54)/t26-,28-,30+,34-,35-/m0/s1. The highest BCUT2D eigenvalue weighted by Gasteiger charge is 2.44. The number of methoxy groups -OCH3 is 1. The summed E-state index contributed by atoms with van der Waals surface area (Å²) in [5, 5.41) is 17.9. The number of amides is 2. The van der Waals surface area contributed by atoms with Gasteiger partial charge in [0.2, 0.25) is 5.91 Å². The van der Waals surface area contributed by atoms with Gasteiger partial charge < -0.3 is 34.3 Å². The second-order valence-electron chi connectivity index (χ2n) is 17.5. The Labute approximate surface area is 350 Å². The molecule has 1 saturated carbocycles. The number of nitrogens with one attached hydrogen (secondary N) is 2. The van der Waals surface area contributed by atoms with Gasteiger partial charge in [-0.2, -0.15) is 0 Å². The second-order valence-corrected chi connectivity index (χ2v) is 18.5. The predicted molar refractivity (Wildman–Crippen MR) is 228 cm³/mol. The van der Waals surface area contributed by atoms with E-state index in [0.29, 0.717) is 43.8 Å². The summed E-state index contributed by atoms with van der Waals surface area (Å²) in [7, 11) is 3.88. The SMILES string of the molecule is CCn1c(-c2cc(N3CCN(C)CC3)cnc2[C@H](C)OC)c2c3cc(ccc31)-c1csc(n1)C[C@H](NC(=O)[C@@H]1C[C@H]1CO)C(=O)N1CCC[C@H](N1)C(=O)OCC(C)(C)C2. The van der Waals surface area contributed by atoms with Gasteiger partial charge in [-0.25, -0.2) is 10.4 Å². The van der Waals surface area contributed by atoms with Gasteiger partial charge >= 0.3 is 5.97 Å². The average molecular weight is 827 g/mol. The van der Waals surface area contributed by atoms with E-state index in [1.807, 2.05) is 18.5 Å². The Morgan fingerprint density at radius 3 is 2.69 bits per heavy atom. The van der Waals surface area contributed by atoms with Crippen molar-refractivity contribution in [1.29, 1.82) is 0 Å². The zero-order chi connectivity index (χ0) is 41.6. The summed E-state index contributed by atoms with van der Waals surface area (Å²) in [5.41, 5.74) is 10.7. The average Bonchev–Trinajstić information content (AvgIpc) is 3.80. The number of likely N-dealkylation sites (N-methyl/N-ethyl adjacent to an activating group) is 1. The van der Waals surface area contributed by atoms with Gasteiger partial charge in [0.1, 0.15) is 12.1 Å². The van der Waals surface area contributed by atoms with Crippen molar-refractivity contribution in [1.82, 2.24) is 35.2 Å². The van der Waals surface area contributed by atoms with Crippen LogP contribution < -0.4 is 15.6 Å². The molecule has 4 aromatic rings. The molecule has 3 aromatic heterocycles. The third kappa shape index (κ3) is 8.49. The van der Waals surface area contributed by atoms with Gasteiger partial charge in [0.15, 0.2) is 0 Å². The third-order valence-corrected chi connectivity index (χ3v) is 13.5. The fourth-order valence-electron chi connectivity index (χ4n) is 8.89. The molecule has 15 heteroatoms. The van der Waals surface area contributed by atoms with E-state index in [-0.39, 0.29) is 49.4 Å². The van der Waals surface area contributed by atoms with E-state index in [9.17, 15) is 19.5 Å². The fourth-order valence-corrected chi connectivity index (χ4v) is 9.74. The number of fused-ring (bicyclic) bond motifs is 6. The molecule has 0 radical (unpaired) electrons. The predicted octanol–water partition coefficient (Wildman–Crippen LogP) is 4.58. The molecular weight excluding hydrogens is 769 g/mol. The van der Waals surface area contributed by atoms with Gasteiger partial charge in [0.05, 0.1) is 46.7 Å². The van der Waals surface area contributed by atoms with Crippen LogP contribution in [-0.2, 0) is 43.2 Å². The molecular formula is C44H58N8O6S.